The van der Waals surface area contributed by atoms with Crippen LogP contribution in [0.1, 0.15) is 6.92 Å². The van der Waals surface area contributed by atoms with Crippen LogP contribution in [0.2, 0.25) is 0 Å². The molecule has 1 N–H and O–H groups in total. The zero-order chi connectivity index (χ0) is 19.9. The van der Waals surface area contributed by atoms with Gasteiger partial charge in [0.05, 0.1) is 5.69 Å². The SMILES string of the molecule is CC(=NNc1ncnn1-c1ccccn1)C(=O)N(c1ccccc1)N(C)C=O. The summed E-state index contributed by atoms with van der Waals surface area (Å²) in [6.45, 7) is 1.53. The molecule has 1 aromatic carbocycles. The van der Waals surface area contributed by atoms with Crippen LogP contribution in [-0.4, -0.2) is 49.8 Å². The molecule has 0 saturated heterocycles. The first-order valence-corrected chi connectivity index (χ1v) is 8.31. The molecule has 2 amide bonds. The Morgan fingerprint density at radius 2 is 1.89 bits per heavy atom. The lowest BCUT2D eigenvalue weighted by Gasteiger charge is -2.28. The number of hydrogen-bond acceptors (Lipinski definition) is 7. The summed E-state index contributed by atoms with van der Waals surface area (Å²) < 4.78 is 1.45. The van der Waals surface area contributed by atoms with Gasteiger partial charge in [-0.25, -0.2) is 15.4 Å². The lowest BCUT2D eigenvalue weighted by atomic mass is 10.3. The Hall–Kier alpha value is -4.08. The predicted octanol–water partition coefficient (Wildman–Crippen LogP) is 1.49. The van der Waals surface area contributed by atoms with E-state index in [9.17, 15) is 9.59 Å². The van der Waals surface area contributed by atoms with E-state index in [2.05, 4.69) is 25.6 Å². The van der Waals surface area contributed by atoms with E-state index in [1.165, 1.54) is 30.0 Å². The third-order valence-electron chi connectivity index (χ3n) is 3.71. The summed E-state index contributed by atoms with van der Waals surface area (Å²) in [7, 11) is 1.48. The van der Waals surface area contributed by atoms with E-state index in [4.69, 9.17) is 0 Å². The number of aromatic nitrogens is 4. The Kier molecular flexibility index (Phi) is 5.70. The maximum absolute atomic E-state index is 12.9. The van der Waals surface area contributed by atoms with Crippen molar-refractivity contribution in [3.63, 3.8) is 0 Å². The number of carbonyl (C=O) groups is 2. The lowest BCUT2D eigenvalue weighted by molar-refractivity contribution is -0.123. The van der Waals surface area contributed by atoms with Gasteiger partial charge in [-0.3, -0.25) is 14.6 Å². The number of para-hydroxylation sites is 1. The molecule has 10 heteroatoms. The third kappa shape index (κ3) is 4.01. The largest absolute Gasteiger partial charge is 0.293 e. The van der Waals surface area contributed by atoms with Gasteiger partial charge in [-0.2, -0.15) is 19.9 Å². The fourth-order valence-corrected chi connectivity index (χ4v) is 2.36. The number of pyridine rings is 1. The number of carbonyl (C=O) groups excluding carboxylic acids is 2. The molecule has 0 saturated carbocycles. The van der Waals surface area contributed by atoms with E-state index in [0.29, 0.717) is 23.9 Å². The highest BCUT2D eigenvalue weighted by molar-refractivity contribution is 6.42. The van der Waals surface area contributed by atoms with Crippen LogP contribution in [0.5, 0.6) is 0 Å². The van der Waals surface area contributed by atoms with Gasteiger partial charge in [0.1, 0.15) is 12.0 Å². The maximum Gasteiger partial charge on any atom is 0.293 e. The number of anilines is 2. The molecule has 3 rings (SSSR count). The summed E-state index contributed by atoms with van der Waals surface area (Å²) in [6.07, 6.45) is 3.52. The van der Waals surface area contributed by atoms with Crippen LogP contribution in [0.25, 0.3) is 5.82 Å². The molecule has 0 aliphatic rings. The maximum atomic E-state index is 12.9. The van der Waals surface area contributed by atoms with Crippen LogP contribution in [0.15, 0.2) is 66.2 Å². The molecule has 0 spiro atoms. The summed E-state index contributed by atoms with van der Waals surface area (Å²) in [4.78, 5) is 32.4. The lowest BCUT2D eigenvalue weighted by Crippen LogP contribution is -2.46. The Morgan fingerprint density at radius 1 is 1.14 bits per heavy atom. The van der Waals surface area contributed by atoms with Gasteiger partial charge in [0.15, 0.2) is 5.82 Å². The van der Waals surface area contributed by atoms with Crippen molar-refractivity contribution in [3.8, 4) is 5.82 Å². The van der Waals surface area contributed by atoms with Gasteiger partial charge in [0.25, 0.3) is 5.91 Å². The highest BCUT2D eigenvalue weighted by atomic mass is 16.2. The fraction of sp³-hybridized carbons (Fsp3) is 0.111. The summed E-state index contributed by atoms with van der Waals surface area (Å²) >= 11 is 0. The zero-order valence-electron chi connectivity index (χ0n) is 15.3. The van der Waals surface area contributed by atoms with E-state index >= 15 is 0 Å². The second kappa shape index (κ2) is 8.54. The number of rotatable bonds is 7. The van der Waals surface area contributed by atoms with Crippen LogP contribution >= 0.6 is 0 Å². The van der Waals surface area contributed by atoms with Crippen molar-refractivity contribution in [1.82, 2.24) is 24.8 Å². The van der Waals surface area contributed by atoms with E-state index in [0.717, 1.165) is 5.01 Å². The van der Waals surface area contributed by atoms with Crippen LogP contribution in [0.4, 0.5) is 11.6 Å². The Morgan fingerprint density at radius 3 is 2.57 bits per heavy atom. The number of benzene rings is 1. The van der Waals surface area contributed by atoms with Crippen LogP contribution in [-0.2, 0) is 9.59 Å². The van der Waals surface area contributed by atoms with Gasteiger partial charge in [-0.05, 0) is 31.2 Å². The molecule has 0 atom stereocenters. The number of hydrazone groups is 1. The van der Waals surface area contributed by atoms with Gasteiger partial charge in [-0.15, -0.1) is 0 Å². The van der Waals surface area contributed by atoms with Gasteiger partial charge < -0.3 is 0 Å². The van der Waals surface area contributed by atoms with Crippen molar-refractivity contribution >= 4 is 29.7 Å². The van der Waals surface area contributed by atoms with Gasteiger partial charge in [-0.1, -0.05) is 24.3 Å². The zero-order valence-corrected chi connectivity index (χ0v) is 15.3. The number of amides is 2. The molecule has 0 radical (unpaired) electrons. The Labute approximate surface area is 161 Å². The standard InChI is InChI=1S/C18H18N8O2/c1-14(17(28)26(24(2)13-27)15-8-4-3-5-9-15)22-23-18-20-12-21-25(18)16-10-6-7-11-19-16/h3-13H,1-2H3,(H,20,21,23). The van der Waals surface area contributed by atoms with Crippen LogP contribution < -0.4 is 10.4 Å². The van der Waals surface area contributed by atoms with Crippen LogP contribution in [0.3, 0.4) is 0 Å². The highest BCUT2D eigenvalue weighted by Crippen LogP contribution is 2.15. The normalized spacial score (nSPS) is 11.0. The number of hydrazine groups is 1. The van der Waals surface area contributed by atoms with Crippen molar-refractivity contribution in [1.29, 1.82) is 0 Å². The highest BCUT2D eigenvalue weighted by Gasteiger charge is 2.22. The molecule has 0 aliphatic carbocycles. The third-order valence-corrected chi connectivity index (χ3v) is 3.71. The summed E-state index contributed by atoms with van der Waals surface area (Å²) in [5.74, 6) is 0.367. The molecule has 0 fully saturated rings. The summed E-state index contributed by atoms with van der Waals surface area (Å²) in [6, 6.07) is 14.2. The molecule has 0 bridgehead atoms. The molecule has 10 nitrogen and oxygen atoms in total. The number of nitrogens with one attached hydrogen (secondary N) is 1. The molecule has 28 heavy (non-hydrogen) atoms. The van der Waals surface area contributed by atoms with Crippen molar-refractivity contribution in [3.05, 3.63) is 61.1 Å². The minimum atomic E-state index is -0.475. The summed E-state index contributed by atoms with van der Waals surface area (Å²) in [5.41, 5.74) is 3.37. The molecule has 3 aromatic rings. The minimum Gasteiger partial charge on any atom is -0.277 e. The molecule has 0 aliphatic heterocycles. The minimum absolute atomic E-state index is 0.119. The topological polar surface area (TPSA) is 109 Å². The second-order valence-electron chi connectivity index (χ2n) is 5.62. The number of nitrogens with zero attached hydrogens (tertiary/aromatic N) is 7. The number of hydrogen-bond donors (Lipinski definition) is 1. The quantitative estimate of drug-likeness (QED) is 0.379. The first-order chi connectivity index (χ1) is 13.6. The van der Waals surface area contributed by atoms with Gasteiger partial charge >= 0.3 is 0 Å². The smallest absolute Gasteiger partial charge is 0.277 e. The first kappa shape index (κ1) is 18.7. The molecular weight excluding hydrogens is 360 g/mol. The predicted molar refractivity (Wildman–Crippen MR) is 104 cm³/mol. The van der Waals surface area contributed by atoms with Gasteiger partial charge in [0, 0.05) is 13.2 Å². The molecular formula is C18H18N8O2. The fourth-order valence-electron chi connectivity index (χ4n) is 2.36. The monoisotopic (exact) mass is 378 g/mol. The van der Waals surface area contributed by atoms with Gasteiger partial charge in [0.2, 0.25) is 12.4 Å². The van der Waals surface area contributed by atoms with Crippen LogP contribution in [0, 0.1) is 0 Å². The van der Waals surface area contributed by atoms with Crippen molar-refractivity contribution in [2.45, 2.75) is 6.92 Å². The van der Waals surface area contributed by atoms with Crippen molar-refractivity contribution < 1.29 is 9.59 Å². The molecule has 2 aromatic heterocycles. The first-order valence-electron chi connectivity index (χ1n) is 8.31. The molecule has 2 heterocycles. The second-order valence-corrected chi connectivity index (χ2v) is 5.62. The van der Waals surface area contributed by atoms with E-state index in [1.54, 1.807) is 42.6 Å². The Bertz CT molecular complexity index is 972. The molecule has 142 valence electrons. The van der Waals surface area contributed by atoms with E-state index < -0.39 is 5.91 Å². The molecule has 0 unspecified atom stereocenters. The van der Waals surface area contributed by atoms with E-state index in [1.807, 2.05) is 12.1 Å². The average Bonchev–Trinajstić information content (AvgIpc) is 3.22. The van der Waals surface area contributed by atoms with E-state index in [-0.39, 0.29) is 5.71 Å². The Balaban J connectivity index is 1.82. The average molecular weight is 378 g/mol. The van der Waals surface area contributed by atoms with Crippen molar-refractivity contribution in [2.24, 2.45) is 5.10 Å². The summed E-state index contributed by atoms with van der Waals surface area (Å²) in [5, 5.41) is 10.6. The van der Waals surface area contributed by atoms with Crippen molar-refractivity contribution in [2.75, 3.05) is 17.5 Å².